The summed E-state index contributed by atoms with van der Waals surface area (Å²) in [5.41, 5.74) is 5.33. The van der Waals surface area contributed by atoms with Gasteiger partial charge in [-0.25, -0.2) is 4.79 Å². The van der Waals surface area contributed by atoms with Crippen molar-refractivity contribution in [2.45, 2.75) is 38.3 Å². The molecule has 0 saturated carbocycles. The van der Waals surface area contributed by atoms with Crippen LogP contribution in [0, 0.1) is 0 Å². The van der Waals surface area contributed by atoms with Crippen molar-refractivity contribution in [3.63, 3.8) is 0 Å². The lowest BCUT2D eigenvalue weighted by Crippen LogP contribution is -2.60. The summed E-state index contributed by atoms with van der Waals surface area (Å²) in [4.78, 5) is 26.4. The third-order valence-corrected chi connectivity index (χ3v) is 3.50. The average molecular weight is 211 g/mol. The van der Waals surface area contributed by atoms with Crippen LogP contribution in [0.3, 0.4) is 0 Å². The van der Waals surface area contributed by atoms with E-state index in [1.807, 2.05) is 11.8 Å². The maximum atomic E-state index is 11.5. The molecule has 2 N–H and O–H groups in total. The van der Waals surface area contributed by atoms with Crippen molar-refractivity contribution in [2.24, 2.45) is 5.73 Å². The number of primary amides is 1. The molecule has 5 heteroatoms. The topological polar surface area (TPSA) is 66.6 Å². The first-order chi connectivity index (χ1) is 7.15. The van der Waals surface area contributed by atoms with Crippen LogP contribution in [0.15, 0.2) is 0 Å². The number of carbonyl (C=O) groups excluding carboxylic acids is 2. The smallest absolute Gasteiger partial charge is 0.315 e. The second-order valence-electron chi connectivity index (χ2n) is 4.20. The number of piperazine rings is 1. The fourth-order valence-electron chi connectivity index (χ4n) is 2.80. The SMILES string of the molecule is CCC1C2CCC(=O)N2CCN1C(N)=O. The molecule has 2 aliphatic rings. The number of amides is 3. The molecule has 0 aromatic carbocycles. The van der Waals surface area contributed by atoms with Crippen LogP contribution in [0.25, 0.3) is 0 Å². The monoisotopic (exact) mass is 211 g/mol. The maximum absolute atomic E-state index is 11.5. The third-order valence-electron chi connectivity index (χ3n) is 3.50. The molecule has 0 spiro atoms. The van der Waals surface area contributed by atoms with Gasteiger partial charge in [0, 0.05) is 19.5 Å². The molecule has 2 heterocycles. The minimum atomic E-state index is -0.360. The van der Waals surface area contributed by atoms with Crippen molar-refractivity contribution in [2.75, 3.05) is 13.1 Å². The van der Waals surface area contributed by atoms with Crippen LogP contribution in [0.5, 0.6) is 0 Å². The average Bonchev–Trinajstić information content (AvgIpc) is 2.59. The fraction of sp³-hybridized carbons (Fsp3) is 0.800. The molecule has 0 bridgehead atoms. The van der Waals surface area contributed by atoms with Crippen LogP contribution in [0.4, 0.5) is 4.79 Å². The molecule has 0 aromatic heterocycles. The molecule has 2 unspecified atom stereocenters. The molecule has 2 rings (SSSR count). The van der Waals surface area contributed by atoms with E-state index in [1.165, 1.54) is 0 Å². The van der Waals surface area contributed by atoms with Gasteiger partial charge in [-0.1, -0.05) is 6.92 Å². The van der Waals surface area contributed by atoms with Crippen molar-refractivity contribution >= 4 is 11.9 Å². The van der Waals surface area contributed by atoms with E-state index in [1.54, 1.807) is 4.90 Å². The summed E-state index contributed by atoms with van der Waals surface area (Å²) in [5.74, 6) is 0.225. The van der Waals surface area contributed by atoms with Crippen LogP contribution < -0.4 is 5.73 Å². The molecule has 2 saturated heterocycles. The van der Waals surface area contributed by atoms with Crippen LogP contribution in [-0.2, 0) is 4.79 Å². The molecule has 5 nitrogen and oxygen atoms in total. The predicted molar refractivity (Wildman–Crippen MR) is 55.1 cm³/mol. The molecule has 0 radical (unpaired) electrons. The molecule has 0 aliphatic carbocycles. The Hall–Kier alpha value is -1.26. The van der Waals surface area contributed by atoms with E-state index in [0.717, 1.165) is 12.8 Å². The first-order valence-electron chi connectivity index (χ1n) is 5.50. The Bertz CT molecular complexity index is 292. The van der Waals surface area contributed by atoms with Gasteiger partial charge >= 0.3 is 6.03 Å². The first kappa shape index (κ1) is 10.3. The number of nitrogens with zero attached hydrogens (tertiary/aromatic N) is 2. The van der Waals surface area contributed by atoms with Crippen LogP contribution >= 0.6 is 0 Å². The molecule has 84 valence electrons. The van der Waals surface area contributed by atoms with E-state index in [4.69, 9.17) is 5.73 Å². The summed E-state index contributed by atoms with van der Waals surface area (Å²) in [6.07, 6.45) is 2.34. The summed E-state index contributed by atoms with van der Waals surface area (Å²) in [5, 5.41) is 0. The van der Waals surface area contributed by atoms with E-state index >= 15 is 0 Å². The summed E-state index contributed by atoms with van der Waals surface area (Å²) in [7, 11) is 0. The lowest BCUT2D eigenvalue weighted by Gasteiger charge is -2.43. The molecule has 2 atom stereocenters. The van der Waals surface area contributed by atoms with Gasteiger partial charge in [0.05, 0.1) is 12.1 Å². The Morgan fingerprint density at radius 2 is 2.27 bits per heavy atom. The van der Waals surface area contributed by atoms with Gasteiger partial charge < -0.3 is 15.5 Å². The number of urea groups is 1. The third kappa shape index (κ3) is 1.56. The van der Waals surface area contributed by atoms with Crippen LogP contribution in [-0.4, -0.2) is 46.9 Å². The highest BCUT2D eigenvalue weighted by Crippen LogP contribution is 2.29. The second-order valence-corrected chi connectivity index (χ2v) is 4.20. The van der Waals surface area contributed by atoms with Crippen LogP contribution in [0.1, 0.15) is 26.2 Å². The van der Waals surface area contributed by atoms with E-state index in [0.29, 0.717) is 19.5 Å². The molecule has 15 heavy (non-hydrogen) atoms. The zero-order valence-electron chi connectivity index (χ0n) is 8.98. The maximum Gasteiger partial charge on any atom is 0.315 e. The highest BCUT2D eigenvalue weighted by atomic mass is 16.2. The summed E-state index contributed by atoms with van der Waals surface area (Å²) >= 11 is 0. The highest BCUT2D eigenvalue weighted by molar-refractivity contribution is 5.80. The quantitative estimate of drug-likeness (QED) is 0.671. The van der Waals surface area contributed by atoms with Gasteiger partial charge in [0.1, 0.15) is 0 Å². The van der Waals surface area contributed by atoms with Crippen molar-refractivity contribution < 1.29 is 9.59 Å². The zero-order chi connectivity index (χ0) is 11.0. The van der Waals surface area contributed by atoms with Gasteiger partial charge in [-0.15, -0.1) is 0 Å². The molecule has 3 amide bonds. The standard InChI is InChI=1S/C10H17N3O2/c1-2-7-8-3-4-9(14)12(8)5-6-13(7)10(11)15/h7-8H,2-6H2,1H3,(H2,11,15). The predicted octanol–water partition coefficient (Wildman–Crippen LogP) is 0.150. The van der Waals surface area contributed by atoms with Crippen molar-refractivity contribution in [3.05, 3.63) is 0 Å². The second kappa shape index (κ2) is 3.72. The first-order valence-corrected chi connectivity index (χ1v) is 5.50. The van der Waals surface area contributed by atoms with Crippen molar-refractivity contribution in [1.82, 2.24) is 9.80 Å². The van der Waals surface area contributed by atoms with Crippen LogP contribution in [0.2, 0.25) is 0 Å². The van der Waals surface area contributed by atoms with Crippen molar-refractivity contribution in [3.8, 4) is 0 Å². The lowest BCUT2D eigenvalue weighted by atomic mass is 9.99. The Labute approximate surface area is 89.2 Å². The molecule has 0 aromatic rings. The number of carbonyl (C=O) groups is 2. The minimum Gasteiger partial charge on any atom is -0.351 e. The van der Waals surface area contributed by atoms with Gasteiger partial charge in [-0.3, -0.25) is 4.79 Å². The summed E-state index contributed by atoms with van der Waals surface area (Å²) in [6, 6.07) is -0.0488. The zero-order valence-corrected chi connectivity index (χ0v) is 8.98. The number of fused-ring (bicyclic) bond motifs is 1. The summed E-state index contributed by atoms with van der Waals surface area (Å²) in [6.45, 7) is 3.26. The van der Waals surface area contributed by atoms with E-state index in [9.17, 15) is 9.59 Å². The Morgan fingerprint density at radius 1 is 1.53 bits per heavy atom. The Kier molecular flexibility index (Phi) is 2.54. The molecule has 2 aliphatic heterocycles. The highest BCUT2D eigenvalue weighted by Gasteiger charge is 2.42. The molecule has 2 fully saturated rings. The fourth-order valence-corrected chi connectivity index (χ4v) is 2.80. The van der Waals surface area contributed by atoms with Gasteiger partial charge in [-0.2, -0.15) is 0 Å². The normalized spacial score (nSPS) is 30.6. The van der Waals surface area contributed by atoms with E-state index in [2.05, 4.69) is 0 Å². The van der Waals surface area contributed by atoms with Gasteiger partial charge in [0.2, 0.25) is 5.91 Å². The van der Waals surface area contributed by atoms with E-state index < -0.39 is 0 Å². The molecular formula is C10H17N3O2. The summed E-state index contributed by atoms with van der Waals surface area (Å²) < 4.78 is 0. The number of rotatable bonds is 1. The van der Waals surface area contributed by atoms with Crippen molar-refractivity contribution in [1.29, 1.82) is 0 Å². The van der Waals surface area contributed by atoms with Gasteiger partial charge in [0.15, 0.2) is 0 Å². The lowest BCUT2D eigenvalue weighted by molar-refractivity contribution is -0.131. The largest absolute Gasteiger partial charge is 0.351 e. The Morgan fingerprint density at radius 3 is 2.87 bits per heavy atom. The minimum absolute atomic E-state index is 0.114. The van der Waals surface area contributed by atoms with Gasteiger partial charge in [0.25, 0.3) is 0 Å². The van der Waals surface area contributed by atoms with E-state index in [-0.39, 0.29) is 24.0 Å². The number of hydrogen-bond donors (Lipinski definition) is 1. The Balaban J connectivity index is 2.18. The molecular weight excluding hydrogens is 194 g/mol. The number of hydrogen-bond acceptors (Lipinski definition) is 2. The number of nitrogens with two attached hydrogens (primary N) is 1. The van der Waals surface area contributed by atoms with Gasteiger partial charge in [-0.05, 0) is 12.8 Å².